The minimum absolute atomic E-state index is 0.0244. The molecule has 1 aliphatic heterocycles. The molecule has 68 valence electrons. The van der Waals surface area contributed by atoms with E-state index in [4.69, 9.17) is 0 Å². The molecule has 0 bridgehead atoms. The summed E-state index contributed by atoms with van der Waals surface area (Å²) in [7, 11) is 1.84. The molecule has 1 heterocycles. The highest BCUT2D eigenvalue weighted by Crippen LogP contribution is 2.23. The lowest BCUT2D eigenvalue weighted by atomic mass is 10.1. The monoisotopic (exact) mass is 169 g/mol. The van der Waals surface area contributed by atoms with Crippen molar-refractivity contribution < 1.29 is 4.79 Å². The molecule has 1 atom stereocenters. The van der Waals surface area contributed by atoms with Gasteiger partial charge in [-0.3, -0.25) is 10.1 Å². The first-order valence-corrected chi connectivity index (χ1v) is 4.03. The second-order valence-corrected chi connectivity index (χ2v) is 3.37. The number of nitrogens with one attached hydrogen (secondary N) is 1. The van der Waals surface area contributed by atoms with Gasteiger partial charge in [-0.1, -0.05) is 0 Å². The minimum Gasteiger partial charge on any atom is -0.296 e. The lowest BCUT2D eigenvalue weighted by molar-refractivity contribution is -0.134. The number of hydrogen-bond acceptors (Lipinski definition) is 3. The van der Waals surface area contributed by atoms with E-state index in [1.54, 1.807) is 0 Å². The van der Waals surface area contributed by atoms with Crippen molar-refractivity contribution >= 4 is 11.6 Å². The van der Waals surface area contributed by atoms with Gasteiger partial charge in [-0.2, -0.15) is 5.10 Å². The van der Waals surface area contributed by atoms with E-state index in [0.717, 1.165) is 12.1 Å². The predicted molar refractivity (Wildman–Crippen MR) is 47.7 cm³/mol. The van der Waals surface area contributed by atoms with Crippen LogP contribution in [0.25, 0.3) is 0 Å². The Hall–Kier alpha value is -0.900. The molecular weight excluding hydrogens is 154 g/mol. The van der Waals surface area contributed by atoms with Gasteiger partial charge in [-0.15, -0.1) is 0 Å². The molecule has 0 radical (unpaired) electrons. The fourth-order valence-corrected chi connectivity index (χ4v) is 1.50. The predicted octanol–water partition coefficient (Wildman–Crippen LogP) is 0.550. The van der Waals surface area contributed by atoms with Gasteiger partial charge in [-0.05, 0) is 20.9 Å². The molecule has 12 heavy (non-hydrogen) atoms. The van der Waals surface area contributed by atoms with E-state index in [0.29, 0.717) is 0 Å². The van der Waals surface area contributed by atoms with Crippen LogP contribution in [0, 0.1) is 0 Å². The molecule has 0 saturated carbocycles. The van der Waals surface area contributed by atoms with Crippen LogP contribution >= 0.6 is 0 Å². The van der Waals surface area contributed by atoms with E-state index in [9.17, 15) is 4.79 Å². The summed E-state index contributed by atoms with van der Waals surface area (Å²) in [4.78, 5) is 11.1. The topological polar surface area (TPSA) is 44.7 Å². The van der Waals surface area contributed by atoms with Crippen LogP contribution in [-0.2, 0) is 4.79 Å². The van der Waals surface area contributed by atoms with Crippen molar-refractivity contribution in [3.8, 4) is 0 Å². The maximum absolute atomic E-state index is 11.1. The van der Waals surface area contributed by atoms with Crippen LogP contribution in [0.15, 0.2) is 5.10 Å². The van der Waals surface area contributed by atoms with Crippen LogP contribution in [-0.4, -0.2) is 29.3 Å². The highest BCUT2D eigenvalue weighted by molar-refractivity contribution is 5.88. The lowest BCUT2D eigenvalue weighted by Gasteiger charge is -2.31. The van der Waals surface area contributed by atoms with Crippen molar-refractivity contribution in [2.45, 2.75) is 32.9 Å². The molecule has 1 aliphatic rings. The Kier molecular flexibility index (Phi) is 2.19. The Morgan fingerprint density at radius 1 is 1.75 bits per heavy atom. The molecule has 4 heteroatoms. The number of hydrogen-bond donors (Lipinski definition) is 1. The highest BCUT2D eigenvalue weighted by Gasteiger charge is 2.37. The van der Waals surface area contributed by atoms with Gasteiger partial charge >= 0.3 is 0 Å². The average molecular weight is 169 g/mol. The molecule has 1 N–H and O–H groups in total. The van der Waals surface area contributed by atoms with Crippen LogP contribution in [0.2, 0.25) is 0 Å². The fourth-order valence-electron chi connectivity index (χ4n) is 1.50. The molecule has 0 aromatic carbocycles. The van der Waals surface area contributed by atoms with Gasteiger partial charge < -0.3 is 0 Å². The Labute approximate surface area is 72.6 Å². The molecule has 0 aliphatic carbocycles. The highest BCUT2D eigenvalue weighted by atomic mass is 16.2. The number of amides is 1. The van der Waals surface area contributed by atoms with Gasteiger partial charge in [0.25, 0.3) is 0 Å². The standard InChI is InChI=1S/C8H15N3O/c1-6-5-8(3,9-4)11(10-6)7(2)12/h9H,5H2,1-4H3. The fraction of sp³-hybridized carbons (Fsp3) is 0.750. The normalized spacial score (nSPS) is 29.0. The number of carbonyl (C=O) groups is 1. The lowest BCUT2D eigenvalue weighted by Crippen LogP contribution is -2.52. The maximum atomic E-state index is 11.1. The number of hydrazone groups is 1. The third kappa shape index (κ3) is 1.34. The second-order valence-electron chi connectivity index (χ2n) is 3.37. The van der Waals surface area contributed by atoms with Gasteiger partial charge in [0.2, 0.25) is 5.91 Å². The summed E-state index contributed by atoms with van der Waals surface area (Å²) in [6.07, 6.45) is 0.795. The van der Waals surface area contributed by atoms with Crippen molar-refractivity contribution in [1.29, 1.82) is 0 Å². The molecular formula is C8H15N3O. The number of carbonyl (C=O) groups excluding carboxylic acids is 1. The molecule has 0 aromatic heterocycles. The largest absolute Gasteiger partial charge is 0.296 e. The maximum Gasteiger partial charge on any atom is 0.241 e. The Morgan fingerprint density at radius 3 is 2.67 bits per heavy atom. The van der Waals surface area contributed by atoms with Crippen LogP contribution < -0.4 is 5.32 Å². The van der Waals surface area contributed by atoms with Crippen LogP contribution in [0.1, 0.15) is 27.2 Å². The number of nitrogens with zero attached hydrogens (tertiary/aromatic N) is 2. The summed E-state index contributed by atoms with van der Waals surface area (Å²) in [6.45, 7) is 5.42. The summed E-state index contributed by atoms with van der Waals surface area (Å²) in [5.41, 5.74) is 0.665. The van der Waals surface area contributed by atoms with Crippen molar-refractivity contribution in [2.75, 3.05) is 7.05 Å². The SMILES string of the molecule is CNC1(C)CC(C)=NN1C(C)=O. The zero-order valence-electron chi connectivity index (χ0n) is 8.01. The zero-order valence-corrected chi connectivity index (χ0v) is 8.01. The van der Waals surface area contributed by atoms with Crippen molar-refractivity contribution in [2.24, 2.45) is 5.10 Å². The summed E-state index contributed by atoms with van der Waals surface area (Å²) >= 11 is 0. The van der Waals surface area contributed by atoms with Crippen LogP contribution in [0.4, 0.5) is 0 Å². The molecule has 4 nitrogen and oxygen atoms in total. The molecule has 0 saturated heterocycles. The first-order chi connectivity index (χ1) is 5.49. The quantitative estimate of drug-likeness (QED) is 0.623. The van der Waals surface area contributed by atoms with Gasteiger partial charge in [0.15, 0.2) is 0 Å². The third-order valence-corrected chi connectivity index (χ3v) is 2.18. The van der Waals surface area contributed by atoms with Crippen molar-refractivity contribution in [1.82, 2.24) is 10.3 Å². The molecule has 0 fully saturated rings. The van der Waals surface area contributed by atoms with Crippen LogP contribution in [0.3, 0.4) is 0 Å². The Bertz CT molecular complexity index is 236. The smallest absolute Gasteiger partial charge is 0.241 e. The molecule has 0 spiro atoms. The van der Waals surface area contributed by atoms with Crippen molar-refractivity contribution in [3.63, 3.8) is 0 Å². The average Bonchev–Trinajstić information content (AvgIpc) is 2.27. The summed E-state index contributed by atoms with van der Waals surface area (Å²) in [6, 6.07) is 0. The molecule has 1 rings (SSSR count). The van der Waals surface area contributed by atoms with Crippen LogP contribution in [0.5, 0.6) is 0 Å². The molecule has 1 amide bonds. The zero-order chi connectivity index (χ0) is 9.35. The second kappa shape index (κ2) is 2.86. The summed E-state index contributed by atoms with van der Waals surface area (Å²) < 4.78 is 0. The third-order valence-electron chi connectivity index (χ3n) is 2.18. The van der Waals surface area contributed by atoms with E-state index >= 15 is 0 Å². The van der Waals surface area contributed by atoms with Gasteiger partial charge in [0.05, 0.1) is 0 Å². The molecule has 1 unspecified atom stereocenters. The summed E-state index contributed by atoms with van der Waals surface area (Å²) in [5.74, 6) is -0.0244. The minimum atomic E-state index is -0.323. The van der Waals surface area contributed by atoms with E-state index in [1.165, 1.54) is 11.9 Å². The van der Waals surface area contributed by atoms with Gasteiger partial charge in [0, 0.05) is 19.1 Å². The van der Waals surface area contributed by atoms with E-state index in [-0.39, 0.29) is 11.6 Å². The van der Waals surface area contributed by atoms with E-state index in [1.807, 2.05) is 20.9 Å². The van der Waals surface area contributed by atoms with Gasteiger partial charge in [-0.25, -0.2) is 5.01 Å². The van der Waals surface area contributed by atoms with E-state index < -0.39 is 0 Å². The van der Waals surface area contributed by atoms with Crippen molar-refractivity contribution in [3.05, 3.63) is 0 Å². The van der Waals surface area contributed by atoms with E-state index in [2.05, 4.69) is 10.4 Å². The van der Waals surface area contributed by atoms with Gasteiger partial charge in [0.1, 0.15) is 5.66 Å². The number of rotatable bonds is 1. The Morgan fingerprint density at radius 2 is 2.33 bits per heavy atom. The first kappa shape index (κ1) is 9.19. The summed E-state index contributed by atoms with van der Waals surface area (Å²) in [5, 5.41) is 8.74. The first-order valence-electron chi connectivity index (χ1n) is 4.03. The Balaban J connectivity index is 2.88. The molecule has 0 aromatic rings.